The predicted molar refractivity (Wildman–Crippen MR) is 73.3 cm³/mol. The molecule has 2 rings (SSSR count). The van der Waals surface area contributed by atoms with Crippen LogP contribution in [-0.4, -0.2) is 25.5 Å². The van der Waals surface area contributed by atoms with Gasteiger partial charge in [-0.2, -0.15) is 0 Å². The Hall–Kier alpha value is -0.870. The molecule has 0 saturated carbocycles. The van der Waals surface area contributed by atoms with Crippen molar-refractivity contribution in [2.24, 2.45) is 0 Å². The molecule has 1 amide bonds. The molecule has 1 aliphatic rings. The Morgan fingerprint density at radius 1 is 1.35 bits per heavy atom. The maximum atomic E-state index is 12.1. The SMILES string of the molecule is Cc1ccc(N2CCNCCCC2=O)c(Br)c1. The normalized spacial score (nSPS) is 17.8. The molecule has 0 aliphatic carbocycles. The van der Waals surface area contributed by atoms with E-state index in [1.807, 2.05) is 24.0 Å². The van der Waals surface area contributed by atoms with E-state index in [1.54, 1.807) is 0 Å². The molecule has 0 atom stereocenters. The second kappa shape index (κ2) is 5.65. The van der Waals surface area contributed by atoms with Crippen molar-refractivity contribution in [3.63, 3.8) is 0 Å². The van der Waals surface area contributed by atoms with Gasteiger partial charge in [0.05, 0.1) is 5.69 Å². The highest BCUT2D eigenvalue weighted by atomic mass is 79.9. The predicted octanol–water partition coefficient (Wildman–Crippen LogP) is 2.47. The maximum Gasteiger partial charge on any atom is 0.227 e. The lowest BCUT2D eigenvalue weighted by Gasteiger charge is -2.26. The molecule has 1 fully saturated rings. The first-order chi connectivity index (χ1) is 8.18. The summed E-state index contributed by atoms with van der Waals surface area (Å²) in [6.07, 6.45) is 1.53. The van der Waals surface area contributed by atoms with E-state index >= 15 is 0 Å². The van der Waals surface area contributed by atoms with E-state index in [9.17, 15) is 4.79 Å². The Kier molecular flexibility index (Phi) is 4.18. The molecule has 4 heteroatoms. The van der Waals surface area contributed by atoms with Crippen LogP contribution in [-0.2, 0) is 4.79 Å². The Balaban J connectivity index is 2.25. The second-order valence-corrected chi connectivity index (χ2v) is 5.21. The minimum atomic E-state index is 0.219. The monoisotopic (exact) mass is 296 g/mol. The van der Waals surface area contributed by atoms with Crippen molar-refractivity contribution in [1.82, 2.24) is 5.32 Å². The molecule has 1 saturated heterocycles. The van der Waals surface area contributed by atoms with Gasteiger partial charge in [-0.3, -0.25) is 4.79 Å². The third-order valence-electron chi connectivity index (χ3n) is 2.95. The van der Waals surface area contributed by atoms with Crippen LogP contribution in [0.1, 0.15) is 18.4 Å². The van der Waals surface area contributed by atoms with Crippen molar-refractivity contribution in [2.75, 3.05) is 24.5 Å². The number of nitrogens with one attached hydrogen (secondary N) is 1. The van der Waals surface area contributed by atoms with Crippen LogP contribution in [0.15, 0.2) is 22.7 Å². The third kappa shape index (κ3) is 3.07. The molecule has 92 valence electrons. The number of benzene rings is 1. The highest BCUT2D eigenvalue weighted by Crippen LogP contribution is 2.28. The van der Waals surface area contributed by atoms with Crippen molar-refractivity contribution in [2.45, 2.75) is 19.8 Å². The molecule has 0 radical (unpaired) electrons. The number of anilines is 1. The van der Waals surface area contributed by atoms with Crippen LogP contribution >= 0.6 is 15.9 Å². The van der Waals surface area contributed by atoms with E-state index in [0.717, 1.165) is 36.2 Å². The minimum Gasteiger partial charge on any atom is -0.315 e. The maximum absolute atomic E-state index is 12.1. The van der Waals surface area contributed by atoms with Crippen LogP contribution in [0.4, 0.5) is 5.69 Å². The Morgan fingerprint density at radius 2 is 2.18 bits per heavy atom. The lowest BCUT2D eigenvalue weighted by atomic mass is 10.2. The standard InChI is InChI=1S/C13H17BrN2O/c1-10-4-5-12(11(14)9-10)16-8-7-15-6-2-3-13(16)17/h4-5,9,15H,2-3,6-8H2,1H3. The van der Waals surface area contributed by atoms with Gasteiger partial charge in [-0.25, -0.2) is 0 Å². The third-order valence-corrected chi connectivity index (χ3v) is 3.59. The molecule has 1 aliphatic heterocycles. The summed E-state index contributed by atoms with van der Waals surface area (Å²) in [5, 5.41) is 3.33. The molecular formula is C13H17BrN2O. The van der Waals surface area contributed by atoms with Gasteiger partial charge in [-0.05, 0) is 53.5 Å². The van der Waals surface area contributed by atoms with E-state index in [2.05, 4.69) is 27.3 Å². The largest absolute Gasteiger partial charge is 0.315 e. The summed E-state index contributed by atoms with van der Waals surface area (Å²) >= 11 is 3.54. The van der Waals surface area contributed by atoms with Gasteiger partial charge < -0.3 is 10.2 Å². The number of hydrogen-bond acceptors (Lipinski definition) is 2. The summed E-state index contributed by atoms with van der Waals surface area (Å²) in [5.41, 5.74) is 2.17. The van der Waals surface area contributed by atoms with E-state index in [4.69, 9.17) is 0 Å². The van der Waals surface area contributed by atoms with E-state index < -0.39 is 0 Å². The quantitative estimate of drug-likeness (QED) is 0.863. The minimum absolute atomic E-state index is 0.219. The van der Waals surface area contributed by atoms with E-state index in [-0.39, 0.29) is 5.91 Å². The van der Waals surface area contributed by atoms with Crippen LogP contribution in [0.25, 0.3) is 0 Å². The fraction of sp³-hybridized carbons (Fsp3) is 0.462. The average Bonchev–Trinajstić information content (AvgIpc) is 2.26. The van der Waals surface area contributed by atoms with Crippen molar-refractivity contribution in [3.8, 4) is 0 Å². The van der Waals surface area contributed by atoms with E-state index in [0.29, 0.717) is 6.42 Å². The molecule has 0 aromatic heterocycles. The Morgan fingerprint density at radius 3 is 2.94 bits per heavy atom. The number of halogens is 1. The van der Waals surface area contributed by atoms with Crippen LogP contribution in [0.3, 0.4) is 0 Å². The number of nitrogens with zero attached hydrogens (tertiary/aromatic N) is 1. The molecule has 0 bridgehead atoms. The van der Waals surface area contributed by atoms with Crippen LogP contribution in [0.2, 0.25) is 0 Å². The van der Waals surface area contributed by atoms with Gasteiger partial charge in [-0.15, -0.1) is 0 Å². The summed E-state index contributed by atoms with van der Waals surface area (Å²) in [6, 6.07) is 6.10. The van der Waals surface area contributed by atoms with Gasteiger partial charge in [0.15, 0.2) is 0 Å². The molecule has 0 spiro atoms. The fourth-order valence-electron chi connectivity index (χ4n) is 2.03. The van der Waals surface area contributed by atoms with Gasteiger partial charge in [0.2, 0.25) is 5.91 Å². The molecule has 0 unspecified atom stereocenters. The Labute approximate surface area is 110 Å². The Bertz CT molecular complexity index is 420. The van der Waals surface area contributed by atoms with Crippen molar-refractivity contribution in [1.29, 1.82) is 0 Å². The van der Waals surface area contributed by atoms with Crippen molar-refractivity contribution >= 4 is 27.5 Å². The van der Waals surface area contributed by atoms with E-state index in [1.165, 1.54) is 5.56 Å². The highest BCUT2D eigenvalue weighted by molar-refractivity contribution is 9.10. The topological polar surface area (TPSA) is 32.3 Å². The van der Waals surface area contributed by atoms with Crippen LogP contribution in [0, 0.1) is 6.92 Å². The first kappa shape index (κ1) is 12.6. The summed E-state index contributed by atoms with van der Waals surface area (Å²) in [7, 11) is 0. The molecule has 1 aromatic rings. The first-order valence-corrected chi connectivity index (χ1v) is 6.75. The number of carbonyl (C=O) groups is 1. The van der Waals surface area contributed by atoms with Gasteiger partial charge in [0.1, 0.15) is 0 Å². The number of aryl methyl sites for hydroxylation is 1. The van der Waals surface area contributed by atoms with Crippen LogP contribution < -0.4 is 10.2 Å². The summed E-state index contributed by atoms with van der Waals surface area (Å²) in [4.78, 5) is 14.0. The molecule has 1 heterocycles. The molecule has 1 N–H and O–H groups in total. The fourth-order valence-corrected chi connectivity index (χ4v) is 2.73. The second-order valence-electron chi connectivity index (χ2n) is 4.35. The van der Waals surface area contributed by atoms with Crippen molar-refractivity contribution in [3.05, 3.63) is 28.2 Å². The number of carbonyl (C=O) groups excluding carboxylic acids is 1. The molecule has 3 nitrogen and oxygen atoms in total. The smallest absolute Gasteiger partial charge is 0.227 e. The molecule has 1 aromatic carbocycles. The number of amides is 1. The lowest BCUT2D eigenvalue weighted by molar-refractivity contribution is -0.118. The zero-order valence-electron chi connectivity index (χ0n) is 10.0. The van der Waals surface area contributed by atoms with Crippen LogP contribution in [0.5, 0.6) is 0 Å². The van der Waals surface area contributed by atoms with Gasteiger partial charge in [-0.1, -0.05) is 6.07 Å². The average molecular weight is 297 g/mol. The molecular weight excluding hydrogens is 280 g/mol. The van der Waals surface area contributed by atoms with Gasteiger partial charge in [0, 0.05) is 24.0 Å². The summed E-state index contributed by atoms with van der Waals surface area (Å²) in [5.74, 6) is 0.219. The zero-order chi connectivity index (χ0) is 12.3. The zero-order valence-corrected chi connectivity index (χ0v) is 11.6. The highest BCUT2D eigenvalue weighted by Gasteiger charge is 2.18. The van der Waals surface area contributed by atoms with Gasteiger partial charge in [0.25, 0.3) is 0 Å². The summed E-state index contributed by atoms with van der Waals surface area (Å²) in [6.45, 7) is 4.58. The number of rotatable bonds is 1. The summed E-state index contributed by atoms with van der Waals surface area (Å²) < 4.78 is 0.992. The number of hydrogen-bond donors (Lipinski definition) is 1. The van der Waals surface area contributed by atoms with Gasteiger partial charge >= 0.3 is 0 Å². The van der Waals surface area contributed by atoms with Crippen molar-refractivity contribution < 1.29 is 4.79 Å². The lowest BCUT2D eigenvalue weighted by Crippen LogP contribution is -2.40. The molecule has 17 heavy (non-hydrogen) atoms. The first-order valence-electron chi connectivity index (χ1n) is 5.96.